The van der Waals surface area contributed by atoms with Crippen LogP contribution in [0.4, 0.5) is 11.6 Å². The predicted octanol–water partition coefficient (Wildman–Crippen LogP) is 1.17. The summed E-state index contributed by atoms with van der Waals surface area (Å²) >= 11 is 0. The van der Waals surface area contributed by atoms with Crippen molar-refractivity contribution in [1.29, 1.82) is 0 Å². The second-order valence-corrected chi connectivity index (χ2v) is 8.12. The Morgan fingerprint density at radius 2 is 1.61 bits per heavy atom. The van der Waals surface area contributed by atoms with Crippen molar-refractivity contribution in [1.82, 2.24) is 24.4 Å². The van der Waals surface area contributed by atoms with Crippen LogP contribution in [-0.4, -0.2) is 83.4 Å². The summed E-state index contributed by atoms with van der Waals surface area (Å²) in [7, 11) is 0. The lowest BCUT2D eigenvalue weighted by Gasteiger charge is -2.36. The zero-order chi connectivity index (χ0) is 21.0. The molecule has 9 nitrogen and oxygen atoms in total. The third-order valence-electron chi connectivity index (χ3n) is 6.21. The van der Waals surface area contributed by atoms with Crippen LogP contribution in [0.2, 0.25) is 0 Å². The first-order valence-electron chi connectivity index (χ1n) is 11.1. The maximum atomic E-state index is 12.2. The Hall–Kier alpha value is -2.91. The summed E-state index contributed by atoms with van der Waals surface area (Å²) in [4.78, 5) is 31.2. The molecule has 164 valence electrons. The van der Waals surface area contributed by atoms with Gasteiger partial charge in [-0.3, -0.25) is 9.47 Å². The Balaban J connectivity index is 1.13. The van der Waals surface area contributed by atoms with Gasteiger partial charge < -0.3 is 19.5 Å². The lowest BCUT2D eigenvalue weighted by molar-refractivity contribution is 0.122. The smallest absolute Gasteiger partial charge is 0.326 e. The number of rotatable bonds is 6. The van der Waals surface area contributed by atoms with Crippen LogP contribution in [0.1, 0.15) is 6.42 Å². The van der Waals surface area contributed by atoms with E-state index < -0.39 is 0 Å². The number of nitrogens with zero attached hydrogens (tertiary/aromatic N) is 6. The fourth-order valence-electron chi connectivity index (χ4n) is 4.46. The van der Waals surface area contributed by atoms with Crippen molar-refractivity contribution in [2.45, 2.75) is 13.0 Å². The Morgan fingerprint density at radius 3 is 2.39 bits per heavy atom. The lowest BCUT2D eigenvalue weighted by atomic mass is 10.2. The van der Waals surface area contributed by atoms with E-state index in [-0.39, 0.29) is 5.69 Å². The Bertz CT molecular complexity index is 1060. The maximum absolute atomic E-state index is 12.2. The van der Waals surface area contributed by atoms with Crippen LogP contribution in [0.3, 0.4) is 0 Å². The number of aromatic nitrogens is 4. The van der Waals surface area contributed by atoms with Crippen molar-refractivity contribution < 1.29 is 4.74 Å². The van der Waals surface area contributed by atoms with Gasteiger partial charge in [0.2, 0.25) is 0 Å². The number of piperazine rings is 1. The van der Waals surface area contributed by atoms with Gasteiger partial charge in [0.15, 0.2) is 0 Å². The molecule has 4 heterocycles. The number of hydrogen-bond donors (Lipinski definition) is 1. The van der Waals surface area contributed by atoms with Crippen LogP contribution in [0.15, 0.2) is 41.5 Å². The quantitative estimate of drug-likeness (QED) is 0.637. The monoisotopic (exact) mass is 423 g/mol. The largest absolute Gasteiger partial charge is 0.378 e. The zero-order valence-corrected chi connectivity index (χ0v) is 17.7. The Morgan fingerprint density at radius 1 is 0.903 bits per heavy atom. The molecule has 0 radical (unpaired) electrons. The number of aryl methyl sites for hydroxylation is 1. The van der Waals surface area contributed by atoms with E-state index in [2.05, 4.69) is 35.7 Å². The molecule has 2 aromatic heterocycles. The number of para-hydroxylation sites is 2. The molecule has 1 N–H and O–H groups in total. The lowest BCUT2D eigenvalue weighted by Crippen LogP contribution is -2.47. The molecule has 0 aliphatic carbocycles. The summed E-state index contributed by atoms with van der Waals surface area (Å²) < 4.78 is 7.29. The number of nitrogens with one attached hydrogen (secondary N) is 1. The van der Waals surface area contributed by atoms with Crippen LogP contribution in [-0.2, 0) is 11.3 Å². The van der Waals surface area contributed by atoms with Gasteiger partial charge in [0.05, 0.1) is 24.2 Å². The van der Waals surface area contributed by atoms with Gasteiger partial charge >= 0.3 is 5.69 Å². The first-order valence-corrected chi connectivity index (χ1v) is 11.1. The molecule has 0 saturated carbocycles. The number of ether oxygens (including phenoxy) is 1. The molecule has 0 amide bonds. The summed E-state index contributed by atoms with van der Waals surface area (Å²) in [6, 6.07) is 9.97. The topological polar surface area (TPSA) is 82.5 Å². The highest BCUT2D eigenvalue weighted by Gasteiger charge is 2.20. The average molecular weight is 424 g/mol. The highest BCUT2D eigenvalue weighted by molar-refractivity contribution is 5.74. The van der Waals surface area contributed by atoms with Gasteiger partial charge in [0.1, 0.15) is 18.0 Å². The molecule has 9 heteroatoms. The van der Waals surface area contributed by atoms with Crippen molar-refractivity contribution in [2.75, 3.05) is 68.8 Å². The Labute approximate surface area is 181 Å². The summed E-state index contributed by atoms with van der Waals surface area (Å²) in [5.74, 6) is 1.99. The number of morpholine rings is 1. The fourth-order valence-corrected chi connectivity index (χ4v) is 4.46. The van der Waals surface area contributed by atoms with Gasteiger partial charge in [0.25, 0.3) is 0 Å². The van der Waals surface area contributed by atoms with E-state index in [1.807, 2.05) is 28.8 Å². The van der Waals surface area contributed by atoms with Crippen molar-refractivity contribution in [2.24, 2.45) is 0 Å². The molecule has 5 rings (SSSR count). The number of fused-ring (bicyclic) bond motifs is 1. The molecule has 3 aromatic rings. The number of benzene rings is 1. The van der Waals surface area contributed by atoms with Crippen LogP contribution in [0, 0.1) is 0 Å². The van der Waals surface area contributed by atoms with Crippen LogP contribution >= 0.6 is 0 Å². The fraction of sp³-hybridized carbons (Fsp3) is 0.500. The third kappa shape index (κ3) is 4.42. The normalized spacial score (nSPS) is 18.1. The number of aromatic amines is 1. The minimum atomic E-state index is -0.0224. The standard InChI is InChI=1S/C22H29N7O2/c30-22-25-18-4-1-2-5-19(18)29(22)7-3-6-26-8-10-27(11-9-26)20-16-21(24-17-23-20)28-12-14-31-15-13-28/h1-2,4-5,16-17H,3,6-15H2,(H,25,30). The summed E-state index contributed by atoms with van der Waals surface area (Å²) in [5, 5.41) is 0. The maximum Gasteiger partial charge on any atom is 0.326 e. The molecular formula is C22H29N7O2. The SMILES string of the molecule is O=c1[nH]c2ccccc2n1CCCN1CCN(c2cc(N3CCOCC3)ncn2)CC1. The number of hydrogen-bond acceptors (Lipinski definition) is 7. The van der Waals surface area contributed by atoms with Gasteiger partial charge in [-0.2, -0.15) is 0 Å². The molecule has 0 atom stereocenters. The number of H-pyrrole nitrogens is 1. The van der Waals surface area contributed by atoms with Crippen molar-refractivity contribution >= 4 is 22.7 Å². The first kappa shape index (κ1) is 20.0. The molecule has 0 spiro atoms. The second-order valence-electron chi connectivity index (χ2n) is 8.12. The van der Waals surface area contributed by atoms with Crippen molar-refractivity contribution in [3.63, 3.8) is 0 Å². The average Bonchev–Trinajstić information content (AvgIpc) is 3.15. The van der Waals surface area contributed by atoms with E-state index in [0.29, 0.717) is 0 Å². The minimum Gasteiger partial charge on any atom is -0.378 e. The number of anilines is 2. The molecule has 1 aromatic carbocycles. The first-order chi connectivity index (χ1) is 15.3. The molecule has 2 fully saturated rings. The van der Waals surface area contributed by atoms with Gasteiger partial charge in [-0.25, -0.2) is 14.8 Å². The number of imidazole rings is 1. The van der Waals surface area contributed by atoms with Gasteiger partial charge in [-0.05, 0) is 25.1 Å². The van der Waals surface area contributed by atoms with Gasteiger partial charge in [-0.15, -0.1) is 0 Å². The molecule has 0 bridgehead atoms. The molecule has 31 heavy (non-hydrogen) atoms. The van der Waals surface area contributed by atoms with Gasteiger partial charge in [0, 0.05) is 51.9 Å². The molecule has 2 aliphatic rings. The van der Waals surface area contributed by atoms with E-state index in [1.165, 1.54) is 0 Å². The van der Waals surface area contributed by atoms with E-state index >= 15 is 0 Å². The minimum absolute atomic E-state index is 0.0224. The predicted molar refractivity (Wildman–Crippen MR) is 121 cm³/mol. The van der Waals surface area contributed by atoms with E-state index in [4.69, 9.17) is 4.74 Å². The van der Waals surface area contributed by atoms with E-state index in [0.717, 1.165) is 94.7 Å². The van der Waals surface area contributed by atoms with Crippen molar-refractivity contribution in [3.05, 3.63) is 47.1 Å². The van der Waals surface area contributed by atoms with Crippen LogP contribution in [0.5, 0.6) is 0 Å². The Kier molecular flexibility index (Phi) is 5.86. The molecular weight excluding hydrogens is 394 g/mol. The highest BCUT2D eigenvalue weighted by atomic mass is 16.5. The molecule has 2 aliphatic heterocycles. The zero-order valence-electron chi connectivity index (χ0n) is 17.7. The molecule has 0 unspecified atom stereocenters. The van der Waals surface area contributed by atoms with Crippen LogP contribution < -0.4 is 15.5 Å². The van der Waals surface area contributed by atoms with Gasteiger partial charge in [-0.1, -0.05) is 12.1 Å². The van der Waals surface area contributed by atoms with Crippen molar-refractivity contribution in [3.8, 4) is 0 Å². The van der Waals surface area contributed by atoms with E-state index in [9.17, 15) is 4.79 Å². The van der Waals surface area contributed by atoms with E-state index in [1.54, 1.807) is 6.33 Å². The summed E-state index contributed by atoms with van der Waals surface area (Å²) in [6.45, 7) is 8.89. The highest BCUT2D eigenvalue weighted by Crippen LogP contribution is 2.20. The second kappa shape index (κ2) is 9.07. The summed E-state index contributed by atoms with van der Waals surface area (Å²) in [5.41, 5.74) is 1.87. The van der Waals surface area contributed by atoms with Crippen LogP contribution in [0.25, 0.3) is 11.0 Å². The third-order valence-corrected chi connectivity index (χ3v) is 6.21. The molecule has 2 saturated heterocycles. The summed E-state index contributed by atoms with van der Waals surface area (Å²) in [6.07, 6.45) is 2.63.